The Kier molecular flexibility index (Phi) is 4.80. The van der Waals surface area contributed by atoms with Crippen LogP contribution in [0.5, 0.6) is 0 Å². The van der Waals surface area contributed by atoms with Crippen molar-refractivity contribution in [3.8, 4) is 0 Å². The van der Waals surface area contributed by atoms with E-state index in [9.17, 15) is 4.79 Å². The van der Waals surface area contributed by atoms with Gasteiger partial charge in [0.25, 0.3) is 0 Å². The molecule has 0 heterocycles. The number of hydroxylamine groups is 1. The standard InChI is InChI=1S/C13H23N3O3/c1-9(2)19-16(6)15-11(10-7-8-10)14-12(17)18-13(3,4)5/h10H,1,7-8H2,2-6H3,(H,14,15,17). The molecule has 1 aliphatic rings. The van der Waals surface area contributed by atoms with Crippen molar-refractivity contribution in [1.29, 1.82) is 0 Å². The van der Waals surface area contributed by atoms with Crippen molar-refractivity contribution in [2.24, 2.45) is 11.0 Å². The first-order chi connectivity index (χ1) is 8.67. The molecule has 6 nitrogen and oxygen atoms in total. The Labute approximate surface area is 114 Å². The van der Waals surface area contributed by atoms with Crippen molar-refractivity contribution in [3.05, 3.63) is 12.3 Å². The molecule has 0 aromatic carbocycles. The SMILES string of the molecule is C=C(C)ON(C)/N=C(\NC(=O)OC(C)(C)C)C1CC1. The van der Waals surface area contributed by atoms with E-state index >= 15 is 0 Å². The van der Waals surface area contributed by atoms with E-state index in [1.54, 1.807) is 14.0 Å². The van der Waals surface area contributed by atoms with E-state index in [-0.39, 0.29) is 5.92 Å². The minimum atomic E-state index is -0.529. The number of hydrogen-bond acceptors (Lipinski definition) is 5. The quantitative estimate of drug-likeness (QED) is 0.369. The summed E-state index contributed by atoms with van der Waals surface area (Å²) < 4.78 is 5.20. The number of alkyl carbamates (subject to hydrolysis) is 1. The molecule has 1 rings (SSSR count). The van der Waals surface area contributed by atoms with Gasteiger partial charge in [0.15, 0.2) is 0 Å². The Morgan fingerprint density at radius 2 is 2.00 bits per heavy atom. The van der Waals surface area contributed by atoms with Crippen LogP contribution < -0.4 is 5.32 Å². The van der Waals surface area contributed by atoms with E-state index < -0.39 is 11.7 Å². The highest BCUT2D eigenvalue weighted by atomic mass is 16.7. The molecule has 108 valence electrons. The van der Waals surface area contributed by atoms with Gasteiger partial charge in [-0.3, -0.25) is 5.32 Å². The van der Waals surface area contributed by atoms with E-state index in [4.69, 9.17) is 9.57 Å². The number of hydrogen-bond donors (Lipinski definition) is 1. The summed E-state index contributed by atoms with van der Waals surface area (Å²) in [6.45, 7) is 10.8. The highest BCUT2D eigenvalue weighted by molar-refractivity contribution is 5.97. The van der Waals surface area contributed by atoms with Crippen LogP contribution in [0, 0.1) is 5.92 Å². The molecule has 1 N–H and O–H groups in total. The van der Waals surface area contributed by atoms with E-state index in [1.807, 2.05) is 20.8 Å². The zero-order chi connectivity index (χ0) is 14.6. The highest BCUT2D eigenvalue weighted by Crippen LogP contribution is 2.30. The van der Waals surface area contributed by atoms with Crippen LogP contribution in [0.2, 0.25) is 0 Å². The number of hydrazone groups is 1. The maximum absolute atomic E-state index is 11.7. The molecule has 19 heavy (non-hydrogen) atoms. The topological polar surface area (TPSA) is 63.2 Å². The monoisotopic (exact) mass is 269 g/mol. The summed E-state index contributed by atoms with van der Waals surface area (Å²) in [6.07, 6.45) is 1.52. The maximum atomic E-state index is 11.7. The van der Waals surface area contributed by atoms with Gasteiger partial charge in [0.05, 0.1) is 7.05 Å². The number of allylic oxidation sites excluding steroid dienone is 1. The predicted molar refractivity (Wildman–Crippen MR) is 73.2 cm³/mol. The van der Waals surface area contributed by atoms with Gasteiger partial charge in [-0.25, -0.2) is 4.79 Å². The molecule has 1 fully saturated rings. The second-order valence-corrected chi connectivity index (χ2v) is 5.64. The van der Waals surface area contributed by atoms with Gasteiger partial charge in [-0.2, -0.15) is 0 Å². The molecule has 0 spiro atoms. The Hall–Kier alpha value is -1.72. The van der Waals surface area contributed by atoms with Crippen molar-refractivity contribution in [1.82, 2.24) is 10.5 Å². The molecular formula is C13H23N3O3. The molecule has 6 heteroatoms. The van der Waals surface area contributed by atoms with Crippen molar-refractivity contribution >= 4 is 11.9 Å². The Morgan fingerprint density at radius 1 is 1.42 bits per heavy atom. The van der Waals surface area contributed by atoms with Crippen LogP contribution in [0.4, 0.5) is 4.79 Å². The van der Waals surface area contributed by atoms with Crippen molar-refractivity contribution < 1.29 is 14.4 Å². The van der Waals surface area contributed by atoms with E-state index in [0.717, 1.165) is 12.8 Å². The molecule has 0 saturated heterocycles. The number of ether oxygens (including phenoxy) is 1. The van der Waals surface area contributed by atoms with Crippen LogP contribution in [0.25, 0.3) is 0 Å². The molecule has 0 aliphatic heterocycles. The highest BCUT2D eigenvalue weighted by Gasteiger charge is 2.31. The van der Waals surface area contributed by atoms with Crippen LogP contribution in [-0.2, 0) is 9.57 Å². The lowest BCUT2D eigenvalue weighted by atomic mass is 10.2. The first kappa shape index (κ1) is 15.3. The zero-order valence-corrected chi connectivity index (χ0v) is 12.3. The molecule has 0 aromatic heterocycles. The number of nitrogens with one attached hydrogen (secondary N) is 1. The Morgan fingerprint density at radius 3 is 2.42 bits per heavy atom. The number of carbonyl (C=O) groups excluding carboxylic acids is 1. The third-order valence-electron chi connectivity index (χ3n) is 2.13. The molecule has 0 radical (unpaired) electrons. The minimum Gasteiger partial charge on any atom is -0.444 e. The van der Waals surface area contributed by atoms with Gasteiger partial charge in [-0.1, -0.05) is 6.58 Å². The van der Waals surface area contributed by atoms with Gasteiger partial charge >= 0.3 is 6.09 Å². The second kappa shape index (κ2) is 5.95. The molecule has 1 aliphatic carbocycles. The fourth-order valence-electron chi connectivity index (χ4n) is 1.37. The number of amides is 1. The Balaban J connectivity index is 2.60. The molecular weight excluding hydrogens is 246 g/mol. The lowest BCUT2D eigenvalue weighted by Crippen LogP contribution is -2.38. The normalized spacial score (nSPS) is 15.7. The fraction of sp³-hybridized carbons (Fsp3) is 0.692. The van der Waals surface area contributed by atoms with Gasteiger partial charge in [0, 0.05) is 5.92 Å². The van der Waals surface area contributed by atoms with E-state index in [0.29, 0.717) is 11.6 Å². The summed E-state index contributed by atoms with van der Waals surface area (Å²) in [6, 6.07) is 0. The van der Waals surface area contributed by atoms with Crippen LogP contribution in [-0.4, -0.2) is 29.7 Å². The van der Waals surface area contributed by atoms with Crippen molar-refractivity contribution in [3.63, 3.8) is 0 Å². The number of nitrogens with zero attached hydrogens (tertiary/aromatic N) is 2. The van der Waals surface area contributed by atoms with Crippen LogP contribution >= 0.6 is 0 Å². The summed E-state index contributed by atoms with van der Waals surface area (Å²) in [5.74, 6) is 1.36. The molecule has 0 aromatic rings. The van der Waals surface area contributed by atoms with Gasteiger partial charge in [-0.05, 0) is 40.5 Å². The third-order valence-corrected chi connectivity index (χ3v) is 2.13. The molecule has 0 bridgehead atoms. The lowest BCUT2D eigenvalue weighted by Gasteiger charge is -2.21. The van der Waals surface area contributed by atoms with Crippen LogP contribution in [0.1, 0.15) is 40.5 Å². The van der Waals surface area contributed by atoms with Gasteiger partial charge < -0.3 is 9.57 Å². The lowest BCUT2D eigenvalue weighted by molar-refractivity contribution is -0.0948. The van der Waals surface area contributed by atoms with Gasteiger partial charge in [-0.15, -0.1) is 10.3 Å². The maximum Gasteiger partial charge on any atom is 0.413 e. The summed E-state index contributed by atoms with van der Waals surface area (Å²) >= 11 is 0. The first-order valence-electron chi connectivity index (χ1n) is 6.33. The van der Waals surface area contributed by atoms with Crippen LogP contribution in [0.3, 0.4) is 0 Å². The fourth-order valence-corrected chi connectivity index (χ4v) is 1.37. The summed E-state index contributed by atoms with van der Waals surface area (Å²) in [5, 5.41) is 8.17. The third kappa shape index (κ3) is 6.69. The molecule has 0 atom stereocenters. The predicted octanol–water partition coefficient (Wildman–Crippen LogP) is 2.63. The van der Waals surface area contributed by atoms with E-state index in [2.05, 4.69) is 17.0 Å². The van der Waals surface area contributed by atoms with Crippen molar-refractivity contribution in [2.45, 2.75) is 46.1 Å². The van der Waals surface area contributed by atoms with Crippen molar-refractivity contribution in [2.75, 3.05) is 7.05 Å². The second-order valence-electron chi connectivity index (χ2n) is 5.64. The number of carbonyl (C=O) groups is 1. The first-order valence-corrected chi connectivity index (χ1v) is 6.33. The van der Waals surface area contributed by atoms with Crippen LogP contribution in [0.15, 0.2) is 17.4 Å². The number of rotatable bonds is 4. The summed E-state index contributed by atoms with van der Waals surface area (Å²) in [4.78, 5) is 16.9. The average molecular weight is 269 g/mol. The minimum absolute atomic E-state index is 0.267. The Bertz CT molecular complexity index is 381. The largest absolute Gasteiger partial charge is 0.444 e. The van der Waals surface area contributed by atoms with Gasteiger partial charge in [0.1, 0.15) is 17.2 Å². The summed E-state index contributed by atoms with van der Waals surface area (Å²) in [5.41, 5.74) is -0.529. The smallest absolute Gasteiger partial charge is 0.413 e. The number of amidine groups is 1. The van der Waals surface area contributed by atoms with Gasteiger partial charge in [0.2, 0.25) is 0 Å². The molecule has 1 saturated carbocycles. The van der Waals surface area contributed by atoms with E-state index in [1.165, 1.54) is 5.17 Å². The zero-order valence-electron chi connectivity index (χ0n) is 12.3. The average Bonchev–Trinajstić information content (AvgIpc) is 2.93. The molecule has 1 amide bonds. The summed E-state index contributed by atoms with van der Waals surface area (Å²) in [7, 11) is 1.65. The molecule has 0 unspecified atom stereocenters.